The van der Waals surface area contributed by atoms with Gasteiger partial charge in [-0.2, -0.15) is 5.10 Å². The molecule has 0 atom stereocenters. The molecule has 0 fully saturated rings. The van der Waals surface area contributed by atoms with Gasteiger partial charge in [0.2, 0.25) is 0 Å². The third-order valence-corrected chi connectivity index (χ3v) is 3.75. The van der Waals surface area contributed by atoms with Crippen LogP contribution in [0.25, 0.3) is 10.9 Å². The molecule has 19 heavy (non-hydrogen) atoms. The molecule has 2 aromatic carbocycles. The number of aromatic amines is 1. The number of aromatic nitrogens is 2. The summed E-state index contributed by atoms with van der Waals surface area (Å²) in [6, 6.07) is 12.8. The van der Waals surface area contributed by atoms with Crippen LogP contribution in [-0.4, -0.2) is 15.1 Å². The summed E-state index contributed by atoms with van der Waals surface area (Å²) in [5.41, 5.74) is 0.739. The molecular formula is C13H9N3O2S. The maximum atomic E-state index is 10.9. The molecule has 0 spiro atoms. The van der Waals surface area contributed by atoms with E-state index < -0.39 is 4.92 Å². The van der Waals surface area contributed by atoms with Crippen molar-refractivity contribution in [3.8, 4) is 0 Å². The maximum absolute atomic E-state index is 10.9. The molecule has 0 unspecified atom stereocenters. The van der Waals surface area contributed by atoms with Crippen LogP contribution in [0.1, 0.15) is 0 Å². The lowest BCUT2D eigenvalue weighted by atomic mass is 10.2. The summed E-state index contributed by atoms with van der Waals surface area (Å²) in [6.07, 6.45) is 1.68. The van der Waals surface area contributed by atoms with E-state index in [4.69, 9.17) is 0 Å². The molecule has 3 aromatic rings. The molecule has 0 saturated heterocycles. The van der Waals surface area contributed by atoms with Gasteiger partial charge in [0.15, 0.2) is 0 Å². The lowest BCUT2D eigenvalue weighted by molar-refractivity contribution is -0.384. The summed E-state index contributed by atoms with van der Waals surface area (Å²) in [5.74, 6) is 0. The standard InChI is InChI=1S/C13H9N3O2S/c17-16(18)9-6-12-11(8-14-15-12)13(7-9)19-10-4-2-1-3-5-10/h1-8H,(H,14,15). The minimum atomic E-state index is -0.394. The number of non-ortho nitro benzene ring substituents is 1. The summed E-state index contributed by atoms with van der Waals surface area (Å²) in [5, 5.41) is 18.5. The fourth-order valence-corrected chi connectivity index (χ4v) is 2.81. The molecule has 6 heteroatoms. The van der Waals surface area contributed by atoms with Crippen molar-refractivity contribution in [2.75, 3.05) is 0 Å². The first-order valence-corrected chi connectivity index (χ1v) is 6.40. The number of nitro groups is 1. The van der Waals surface area contributed by atoms with Crippen molar-refractivity contribution < 1.29 is 4.92 Å². The molecule has 0 aliphatic carbocycles. The lowest BCUT2D eigenvalue weighted by Crippen LogP contribution is -1.88. The van der Waals surface area contributed by atoms with E-state index in [0.717, 1.165) is 15.2 Å². The Morgan fingerprint density at radius 3 is 2.74 bits per heavy atom. The highest BCUT2D eigenvalue weighted by molar-refractivity contribution is 7.99. The highest BCUT2D eigenvalue weighted by Gasteiger charge is 2.13. The van der Waals surface area contributed by atoms with Crippen molar-refractivity contribution >= 4 is 28.4 Å². The Hall–Kier alpha value is -2.34. The number of nitrogens with one attached hydrogen (secondary N) is 1. The molecule has 5 nitrogen and oxygen atoms in total. The smallest absolute Gasteiger partial charge is 0.272 e. The van der Waals surface area contributed by atoms with Gasteiger partial charge in [0.05, 0.1) is 16.6 Å². The lowest BCUT2D eigenvalue weighted by Gasteiger charge is -2.03. The molecule has 1 aromatic heterocycles. The van der Waals surface area contributed by atoms with Crippen molar-refractivity contribution in [1.82, 2.24) is 10.2 Å². The van der Waals surface area contributed by atoms with Gasteiger partial charge in [-0.05, 0) is 12.1 Å². The molecule has 0 aliphatic rings. The molecule has 0 bridgehead atoms. The van der Waals surface area contributed by atoms with Crippen molar-refractivity contribution in [1.29, 1.82) is 0 Å². The van der Waals surface area contributed by atoms with Crippen molar-refractivity contribution in [3.05, 3.63) is 58.8 Å². The summed E-state index contributed by atoms with van der Waals surface area (Å²) in [7, 11) is 0. The summed E-state index contributed by atoms with van der Waals surface area (Å²) in [4.78, 5) is 12.4. The van der Waals surface area contributed by atoms with Crippen LogP contribution in [0, 0.1) is 10.1 Å². The predicted octanol–water partition coefficient (Wildman–Crippen LogP) is 3.62. The largest absolute Gasteiger partial charge is 0.278 e. The first-order chi connectivity index (χ1) is 9.24. The predicted molar refractivity (Wildman–Crippen MR) is 73.3 cm³/mol. The van der Waals surface area contributed by atoms with E-state index in [9.17, 15) is 10.1 Å². The van der Waals surface area contributed by atoms with Crippen LogP contribution in [0.2, 0.25) is 0 Å². The number of hydrogen-bond acceptors (Lipinski definition) is 4. The zero-order valence-electron chi connectivity index (χ0n) is 9.74. The average Bonchev–Trinajstić information content (AvgIpc) is 2.88. The highest BCUT2D eigenvalue weighted by Crippen LogP contribution is 2.35. The Kier molecular flexibility index (Phi) is 2.92. The van der Waals surface area contributed by atoms with Gasteiger partial charge in [0, 0.05) is 27.3 Å². The fourth-order valence-electron chi connectivity index (χ4n) is 1.81. The van der Waals surface area contributed by atoms with Crippen LogP contribution in [0.4, 0.5) is 5.69 Å². The van der Waals surface area contributed by atoms with Crippen LogP contribution < -0.4 is 0 Å². The van der Waals surface area contributed by atoms with Gasteiger partial charge >= 0.3 is 0 Å². The number of H-pyrrole nitrogens is 1. The second kappa shape index (κ2) is 4.74. The van der Waals surface area contributed by atoms with Gasteiger partial charge in [-0.15, -0.1) is 0 Å². The minimum absolute atomic E-state index is 0.0650. The molecule has 0 radical (unpaired) electrons. The Labute approximate surface area is 112 Å². The maximum Gasteiger partial charge on any atom is 0.272 e. The SMILES string of the molecule is O=[N+]([O-])c1cc(Sc2ccccc2)c2cn[nH]c2c1. The zero-order valence-corrected chi connectivity index (χ0v) is 10.6. The van der Waals surface area contributed by atoms with E-state index >= 15 is 0 Å². The third-order valence-electron chi connectivity index (χ3n) is 2.69. The quantitative estimate of drug-likeness (QED) is 0.583. The van der Waals surface area contributed by atoms with Crippen molar-refractivity contribution in [3.63, 3.8) is 0 Å². The monoisotopic (exact) mass is 271 g/mol. The zero-order chi connectivity index (χ0) is 13.2. The van der Waals surface area contributed by atoms with Gasteiger partial charge in [-0.25, -0.2) is 0 Å². The fraction of sp³-hybridized carbons (Fsp3) is 0. The number of nitrogens with zero attached hydrogens (tertiary/aromatic N) is 2. The van der Waals surface area contributed by atoms with E-state index in [1.165, 1.54) is 17.8 Å². The number of rotatable bonds is 3. The van der Waals surface area contributed by atoms with Crippen LogP contribution >= 0.6 is 11.8 Å². The molecule has 0 aliphatic heterocycles. The minimum Gasteiger partial charge on any atom is -0.278 e. The first-order valence-electron chi connectivity index (χ1n) is 5.58. The number of nitro benzene ring substituents is 1. The van der Waals surface area contributed by atoms with Gasteiger partial charge in [-0.3, -0.25) is 15.2 Å². The summed E-state index contributed by atoms with van der Waals surface area (Å²) < 4.78 is 0. The topological polar surface area (TPSA) is 71.8 Å². The number of hydrogen-bond donors (Lipinski definition) is 1. The van der Waals surface area contributed by atoms with Gasteiger partial charge in [0.1, 0.15) is 0 Å². The molecule has 3 rings (SSSR count). The van der Waals surface area contributed by atoms with Gasteiger partial charge in [0.25, 0.3) is 5.69 Å². The van der Waals surface area contributed by atoms with E-state index in [1.54, 1.807) is 12.3 Å². The first kappa shape index (κ1) is 11.7. The highest BCUT2D eigenvalue weighted by atomic mass is 32.2. The van der Waals surface area contributed by atoms with Crippen molar-refractivity contribution in [2.45, 2.75) is 9.79 Å². The van der Waals surface area contributed by atoms with Crippen molar-refractivity contribution in [2.24, 2.45) is 0 Å². The van der Waals surface area contributed by atoms with E-state index in [2.05, 4.69) is 10.2 Å². The third kappa shape index (κ3) is 2.30. The molecule has 0 amide bonds. The summed E-state index contributed by atoms with van der Waals surface area (Å²) in [6.45, 7) is 0. The molecule has 1 N–H and O–H groups in total. The van der Waals surface area contributed by atoms with Crippen LogP contribution in [0.3, 0.4) is 0 Å². The second-order valence-electron chi connectivity index (χ2n) is 3.95. The van der Waals surface area contributed by atoms with E-state index in [-0.39, 0.29) is 5.69 Å². The average molecular weight is 271 g/mol. The number of fused-ring (bicyclic) bond motifs is 1. The Morgan fingerprint density at radius 2 is 2.00 bits per heavy atom. The van der Waals surface area contributed by atoms with Crippen LogP contribution in [-0.2, 0) is 0 Å². The Balaban J connectivity index is 2.11. The Morgan fingerprint density at radius 1 is 1.21 bits per heavy atom. The van der Waals surface area contributed by atoms with Gasteiger partial charge in [-0.1, -0.05) is 30.0 Å². The van der Waals surface area contributed by atoms with Crippen LogP contribution in [0.15, 0.2) is 58.5 Å². The Bertz CT molecular complexity index is 740. The summed E-state index contributed by atoms with van der Waals surface area (Å²) >= 11 is 1.49. The van der Waals surface area contributed by atoms with E-state index in [1.807, 2.05) is 30.3 Å². The molecule has 0 saturated carbocycles. The van der Waals surface area contributed by atoms with Crippen LogP contribution in [0.5, 0.6) is 0 Å². The molecule has 1 heterocycles. The van der Waals surface area contributed by atoms with E-state index in [0.29, 0.717) is 5.52 Å². The second-order valence-corrected chi connectivity index (χ2v) is 5.06. The normalized spacial score (nSPS) is 10.7. The molecular weight excluding hydrogens is 262 g/mol. The molecule has 94 valence electrons. The van der Waals surface area contributed by atoms with Gasteiger partial charge < -0.3 is 0 Å². The number of benzene rings is 2.